The molecule has 0 amide bonds. The van der Waals surface area contributed by atoms with Gasteiger partial charge >= 0.3 is 0 Å². The van der Waals surface area contributed by atoms with Crippen LogP contribution in [-0.4, -0.2) is 43.0 Å². The number of aromatic nitrogens is 1. The summed E-state index contributed by atoms with van der Waals surface area (Å²) in [7, 11) is 0. The van der Waals surface area contributed by atoms with E-state index in [1.165, 1.54) is 5.69 Å². The lowest BCUT2D eigenvalue weighted by atomic mass is 9.76. The second kappa shape index (κ2) is 5.37. The lowest BCUT2D eigenvalue weighted by Crippen LogP contribution is -2.42. The van der Waals surface area contributed by atoms with Crippen LogP contribution >= 0.6 is 11.6 Å². The molecule has 4 nitrogen and oxygen atoms in total. The van der Waals surface area contributed by atoms with Gasteiger partial charge in [-0.3, -0.25) is 4.98 Å². The summed E-state index contributed by atoms with van der Waals surface area (Å²) < 4.78 is 5.65. The van der Waals surface area contributed by atoms with Gasteiger partial charge in [0.05, 0.1) is 18.7 Å². The minimum absolute atomic E-state index is 0.125. The quantitative estimate of drug-likeness (QED) is 0.925. The molecule has 22 heavy (non-hydrogen) atoms. The Morgan fingerprint density at radius 2 is 2.32 bits per heavy atom. The number of aliphatic hydroxyl groups excluding tert-OH is 1. The molecule has 4 rings (SSSR count). The van der Waals surface area contributed by atoms with Gasteiger partial charge in [-0.2, -0.15) is 0 Å². The fourth-order valence-corrected chi connectivity index (χ4v) is 4.05. The average molecular weight is 319 g/mol. The molecule has 0 radical (unpaired) electrons. The van der Waals surface area contributed by atoms with Crippen molar-refractivity contribution < 1.29 is 9.84 Å². The van der Waals surface area contributed by atoms with Crippen molar-refractivity contribution in [3.05, 3.63) is 35.5 Å². The highest BCUT2D eigenvalue weighted by Gasteiger charge is 2.48. The number of aliphatic hydroxyl groups is 1. The molecule has 5 heteroatoms. The van der Waals surface area contributed by atoms with Crippen LogP contribution in [0.5, 0.6) is 0 Å². The summed E-state index contributed by atoms with van der Waals surface area (Å²) >= 11 is 6.07. The van der Waals surface area contributed by atoms with Gasteiger partial charge in [-0.1, -0.05) is 11.6 Å². The van der Waals surface area contributed by atoms with E-state index in [0.29, 0.717) is 17.5 Å². The summed E-state index contributed by atoms with van der Waals surface area (Å²) in [6, 6.07) is 7.89. The number of anilines is 1. The van der Waals surface area contributed by atoms with Gasteiger partial charge in [0.15, 0.2) is 0 Å². The zero-order valence-electron chi connectivity index (χ0n) is 12.3. The molecule has 116 valence electrons. The molecule has 0 unspecified atom stereocenters. The predicted molar refractivity (Wildman–Crippen MR) is 87.4 cm³/mol. The lowest BCUT2D eigenvalue weighted by molar-refractivity contribution is -0.0543. The largest absolute Gasteiger partial charge is 0.396 e. The monoisotopic (exact) mass is 318 g/mol. The number of nitrogens with zero attached hydrogens (tertiary/aromatic N) is 2. The molecule has 0 aliphatic carbocycles. The van der Waals surface area contributed by atoms with Gasteiger partial charge < -0.3 is 14.7 Å². The highest BCUT2D eigenvalue weighted by Crippen LogP contribution is 2.43. The zero-order chi connectivity index (χ0) is 15.2. The SMILES string of the molecule is OC[C@]12COCC[C@H]1CN(c1ccnc3cc(Cl)ccc13)C2. The normalized spacial score (nSPS) is 28.1. The molecule has 3 heterocycles. The maximum atomic E-state index is 9.93. The Morgan fingerprint density at radius 1 is 1.41 bits per heavy atom. The fourth-order valence-electron chi connectivity index (χ4n) is 3.89. The van der Waals surface area contributed by atoms with Crippen molar-refractivity contribution in [2.24, 2.45) is 11.3 Å². The first-order chi connectivity index (χ1) is 10.7. The molecule has 1 aromatic heterocycles. The summed E-state index contributed by atoms with van der Waals surface area (Å²) in [5.41, 5.74) is 1.96. The van der Waals surface area contributed by atoms with Crippen LogP contribution in [0.4, 0.5) is 5.69 Å². The second-order valence-electron chi connectivity index (χ2n) is 6.43. The van der Waals surface area contributed by atoms with Crippen LogP contribution in [0, 0.1) is 11.3 Å². The molecule has 2 fully saturated rings. The van der Waals surface area contributed by atoms with Gasteiger partial charge in [0, 0.05) is 47.4 Å². The topological polar surface area (TPSA) is 45.6 Å². The van der Waals surface area contributed by atoms with Crippen molar-refractivity contribution in [3.8, 4) is 0 Å². The molecule has 2 saturated heterocycles. The lowest BCUT2D eigenvalue weighted by Gasteiger charge is -2.36. The number of hydrogen-bond acceptors (Lipinski definition) is 4. The number of benzene rings is 1. The first-order valence-corrected chi connectivity index (χ1v) is 8.07. The van der Waals surface area contributed by atoms with E-state index in [0.717, 1.165) is 37.0 Å². The van der Waals surface area contributed by atoms with Crippen molar-refractivity contribution in [1.29, 1.82) is 0 Å². The molecule has 1 N–H and O–H groups in total. The van der Waals surface area contributed by atoms with Gasteiger partial charge in [0.25, 0.3) is 0 Å². The Hall–Kier alpha value is -1.36. The molecule has 1 aromatic carbocycles. The van der Waals surface area contributed by atoms with E-state index in [9.17, 15) is 5.11 Å². The highest BCUT2D eigenvalue weighted by atomic mass is 35.5. The molecule has 0 spiro atoms. The Morgan fingerprint density at radius 3 is 3.14 bits per heavy atom. The Labute approximate surface area is 134 Å². The highest BCUT2D eigenvalue weighted by molar-refractivity contribution is 6.31. The molecule has 2 aromatic rings. The smallest absolute Gasteiger partial charge is 0.0737 e. The Kier molecular flexibility index (Phi) is 3.48. The van der Waals surface area contributed by atoms with Gasteiger partial charge in [-0.25, -0.2) is 0 Å². The molecular weight excluding hydrogens is 300 g/mol. The maximum absolute atomic E-state index is 9.93. The van der Waals surface area contributed by atoms with Crippen molar-refractivity contribution in [3.63, 3.8) is 0 Å². The third-order valence-electron chi connectivity index (χ3n) is 5.15. The van der Waals surface area contributed by atoms with Crippen molar-refractivity contribution >= 4 is 28.2 Å². The number of rotatable bonds is 2. The maximum Gasteiger partial charge on any atom is 0.0737 e. The summed E-state index contributed by atoms with van der Waals surface area (Å²) in [5, 5.41) is 11.7. The van der Waals surface area contributed by atoms with Crippen molar-refractivity contribution in [2.75, 3.05) is 37.8 Å². The zero-order valence-corrected chi connectivity index (χ0v) is 13.1. The molecule has 0 bridgehead atoms. The van der Waals surface area contributed by atoms with Crippen molar-refractivity contribution in [2.45, 2.75) is 6.42 Å². The van der Waals surface area contributed by atoms with Crippen LogP contribution in [-0.2, 0) is 4.74 Å². The van der Waals surface area contributed by atoms with Crippen LogP contribution in [0.15, 0.2) is 30.5 Å². The molecular formula is C17H19ClN2O2. The Bertz CT molecular complexity index is 708. The van der Waals surface area contributed by atoms with Crippen LogP contribution in [0.3, 0.4) is 0 Å². The molecule has 2 atom stereocenters. The van der Waals surface area contributed by atoms with Crippen LogP contribution < -0.4 is 4.90 Å². The number of halogens is 1. The van der Waals surface area contributed by atoms with Gasteiger partial charge in [-0.15, -0.1) is 0 Å². The molecule has 2 aliphatic heterocycles. The second-order valence-corrected chi connectivity index (χ2v) is 6.87. The summed E-state index contributed by atoms with van der Waals surface area (Å²) in [6.45, 7) is 3.43. The number of hydrogen-bond donors (Lipinski definition) is 1. The van der Waals surface area contributed by atoms with E-state index in [1.54, 1.807) is 0 Å². The fraction of sp³-hybridized carbons (Fsp3) is 0.471. The van der Waals surface area contributed by atoms with E-state index >= 15 is 0 Å². The van der Waals surface area contributed by atoms with Gasteiger partial charge in [-0.05, 0) is 36.6 Å². The molecule has 2 aliphatic rings. The minimum atomic E-state index is -0.125. The first kappa shape index (κ1) is 14.2. The minimum Gasteiger partial charge on any atom is -0.396 e. The summed E-state index contributed by atoms with van der Waals surface area (Å²) in [6.07, 6.45) is 2.85. The number of pyridine rings is 1. The van der Waals surface area contributed by atoms with Crippen LogP contribution in [0.25, 0.3) is 10.9 Å². The predicted octanol–water partition coefficient (Wildman–Crippen LogP) is 2.72. The number of fused-ring (bicyclic) bond motifs is 2. The van der Waals surface area contributed by atoms with Crippen molar-refractivity contribution in [1.82, 2.24) is 4.98 Å². The summed E-state index contributed by atoms with van der Waals surface area (Å²) in [4.78, 5) is 6.79. The first-order valence-electron chi connectivity index (χ1n) is 7.70. The van der Waals surface area contributed by atoms with E-state index in [-0.39, 0.29) is 12.0 Å². The van der Waals surface area contributed by atoms with Crippen LogP contribution in [0.1, 0.15) is 6.42 Å². The third-order valence-corrected chi connectivity index (χ3v) is 5.39. The third kappa shape index (κ3) is 2.18. The van der Waals surface area contributed by atoms with Gasteiger partial charge in [0.1, 0.15) is 0 Å². The van der Waals surface area contributed by atoms with E-state index in [2.05, 4.69) is 16.0 Å². The van der Waals surface area contributed by atoms with E-state index < -0.39 is 0 Å². The standard InChI is InChI=1S/C17H19ClN2O2/c18-13-1-2-14-15(7-13)19-5-3-16(14)20-8-12-4-6-22-11-17(12,9-20)10-21/h1-3,5,7,12,21H,4,6,8-11H2/t12-,17+/m0/s1. The van der Waals surface area contributed by atoms with E-state index in [4.69, 9.17) is 16.3 Å². The van der Waals surface area contributed by atoms with Crippen LogP contribution in [0.2, 0.25) is 5.02 Å². The van der Waals surface area contributed by atoms with Gasteiger partial charge in [0.2, 0.25) is 0 Å². The Balaban J connectivity index is 1.74. The van der Waals surface area contributed by atoms with E-state index in [1.807, 2.05) is 24.4 Å². The summed E-state index contributed by atoms with van der Waals surface area (Å²) in [5.74, 6) is 0.488. The molecule has 0 saturated carbocycles. The average Bonchev–Trinajstić information content (AvgIpc) is 2.94. The number of ether oxygens (including phenoxy) is 1.